The van der Waals surface area contributed by atoms with Crippen LogP contribution >= 0.6 is 0 Å². The number of anilines is 2. The molecule has 1 aromatic carbocycles. The van der Waals surface area contributed by atoms with Gasteiger partial charge in [0, 0.05) is 5.69 Å². The third-order valence-electron chi connectivity index (χ3n) is 3.64. The van der Waals surface area contributed by atoms with E-state index in [1.165, 1.54) is 6.07 Å². The molecule has 0 unspecified atom stereocenters. The van der Waals surface area contributed by atoms with Crippen LogP contribution in [0.25, 0.3) is 0 Å². The molecule has 0 atom stereocenters. The fraction of sp³-hybridized carbons (Fsp3) is 0.250. The predicted molar refractivity (Wildman–Crippen MR) is 75.4 cm³/mol. The average Bonchev–Trinajstić information content (AvgIpc) is 2.89. The number of benzene rings is 1. The Morgan fingerprint density at radius 1 is 1.35 bits per heavy atom. The maximum atomic E-state index is 13.9. The number of pyridine rings is 1. The summed E-state index contributed by atoms with van der Waals surface area (Å²) in [7, 11) is 0. The van der Waals surface area contributed by atoms with E-state index in [-0.39, 0.29) is 5.82 Å². The van der Waals surface area contributed by atoms with E-state index in [1.54, 1.807) is 6.07 Å². The number of hydrogen-bond acceptors (Lipinski definition) is 3. The minimum atomic E-state index is -0.337. The van der Waals surface area contributed by atoms with Gasteiger partial charge >= 0.3 is 0 Å². The van der Waals surface area contributed by atoms with Crippen LogP contribution in [-0.4, -0.2) is 4.98 Å². The van der Waals surface area contributed by atoms with Crippen molar-refractivity contribution in [3.8, 4) is 6.07 Å². The maximum Gasteiger partial charge on any atom is 0.148 e. The molecule has 0 fully saturated rings. The SMILES string of the molecule is Cc1cccc(F)c1Nc1nc2c(cc1C#N)CCC2. The van der Waals surface area contributed by atoms with Crippen molar-refractivity contribution in [3.63, 3.8) is 0 Å². The molecular formula is C16H14FN3. The van der Waals surface area contributed by atoms with Crippen molar-refractivity contribution in [2.24, 2.45) is 0 Å². The summed E-state index contributed by atoms with van der Waals surface area (Å²) >= 11 is 0. The van der Waals surface area contributed by atoms with Crippen molar-refractivity contribution in [2.75, 3.05) is 5.32 Å². The Balaban J connectivity index is 2.05. The first-order chi connectivity index (χ1) is 9.69. The van der Waals surface area contributed by atoms with Crippen molar-refractivity contribution < 1.29 is 4.39 Å². The zero-order valence-corrected chi connectivity index (χ0v) is 11.2. The van der Waals surface area contributed by atoms with Gasteiger partial charge in [0.25, 0.3) is 0 Å². The molecule has 0 saturated carbocycles. The van der Waals surface area contributed by atoms with Gasteiger partial charge in [0.05, 0.1) is 11.3 Å². The van der Waals surface area contributed by atoms with Gasteiger partial charge in [0.1, 0.15) is 17.7 Å². The third kappa shape index (κ3) is 2.12. The van der Waals surface area contributed by atoms with E-state index in [2.05, 4.69) is 16.4 Å². The molecule has 1 N–H and O–H groups in total. The first-order valence-corrected chi connectivity index (χ1v) is 6.64. The lowest BCUT2D eigenvalue weighted by Crippen LogP contribution is -2.03. The molecule has 1 aliphatic carbocycles. The fourth-order valence-corrected chi connectivity index (χ4v) is 2.56. The second-order valence-corrected chi connectivity index (χ2v) is 5.01. The van der Waals surface area contributed by atoms with Crippen LogP contribution in [0.15, 0.2) is 24.3 Å². The Bertz CT molecular complexity index is 696. The number of fused-ring (bicyclic) bond motifs is 1. The molecule has 1 aliphatic rings. The van der Waals surface area contributed by atoms with E-state index in [4.69, 9.17) is 0 Å². The smallest absolute Gasteiger partial charge is 0.148 e. The lowest BCUT2D eigenvalue weighted by atomic mass is 10.1. The largest absolute Gasteiger partial charge is 0.337 e. The number of nitrogens with one attached hydrogen (secondary N) is 1. The third-order valence-corrected chi connectivity index (χ3v) is 3.64. The van der Waals surface area contributed by atoms with Gasteiger partial charge in [0.2, 0.25) is 0 Å². The van der Waals surface area contributed by atoms with E-state index < -0.39 is 0 Å². The van der Waals surface area contributed by atoms with Crippen LogP contribution in [0, 0.1) is 24.1 Å². The Morgan fingerprint density at radius 3 is 2.95 bits per heavy atom. The minimum absolute atomic E-state index is 0.337. The van der Waals surface area contributed by atoms with Gasteiger partial charge in [-0.1, -0.05) is 12.1 Å². The summed E-state index contributed by atoms with van der Waals surface area (Å²) < 4.78 is 13.9. The number of aromatic nitrogens is 1. The highest BCUT2D eigenvalue weighted by atomic mass is 19.1. The molecule has 1 aromatic heterocycles. The first kappa shape index (κ1) is 12.6. The lowest BCUT2D eigenvalue weighted by molar-refractivity contribution is 0.630. The molecule has 0 saturated heterocycles. The monoisotopic (exact) mass is 267 g/mol. The number of para-hydroxylation sites is 1. The van der Waals surface area contributed by atoms with Gasteiger partial charge in [-0.3, -0.25) is 0 Å². The number of hydrogen-bond donors (Lipinski definition) is 1. The predicted octanol–water partition coefficient (Wildman–Crippen LogP) is 3.63. The second-order valence-electron chi connectivity index (χ2n) is 5.01. The quantitative estimate of drug-likeness (QED) is 0.903. The molecule has 100 valence electrons. The lowest BCUT2D eigenvalue weighted by Gasteiger charge is -2.12. The summed E-state index contributed by atoms with van der Waals surface area (Å²) in [6.45, 7) is 1.82. The Labute approximate surface area is 117 Å². The summed E-state index contributed by atoms with van der Waals surface area (Å²) in [6, 6.07) is 8.89. The van der Waals surface area contributed by atoms with Crippen LogP contribution in [0.2, 0.25) is 0 Å². The van der Waals surface area contributed by atoms with Gasteiger partial charge < -0.3 is 5.32 Å². The highest BCUT2D eigenvalue weighted by Crippen LogP contribution is 2.28. The molecule has 0 radical (unpaired) electrons. The van der Waals surface area contributed by atoms with Crippen molar-refractivity contribution in [2.45, 2.75) is 26.2 Å². The van der Waals surface area contributed by atoms with Crippen LogP contribution in [0.4, 0.5) is 15.9 Å². The Morgan fingerprint density at radius 2 is 2.20 bits per heavy atom. The van der Waals surface area contributed by atoms with Crippen LogP contribution in [-0.2, 0) is 12.8 Å². The molecule has 3 nitrogen and oxygen atoms in total. The van der Waals surface area contributed by atoms with E-state index in [0.717, 1.165) is 36.1 Å². The zero-order valence-electron chi connectivity index (χ0n) is 11.2. The summed E-state index contributed by atoms with van der Waals surface area (Å²) in [5.41, 5.74) is 3.79. The molecular weight excluding hydrogens is 253 g/mol. The van der Waals surface area contributed by atoms with Crippen molar-refractivity contribution in [1.82, 2.24) is 4.98 Å². The van der Waals surface area contributed by atoms with Crippen LogP contribution < -0.4 is 5.32 Å². The Hall–Kier alpha value is -2.41. The van der Waals surface area contributed by atoms with Gasteiger partial charge in [-0.2, -0.15) is 5.26 Å². The molecule has 0 spiro atoms. The molecule has 0 bridgehead atoms. The van der Waals surface area contributed by atoms with E-state index in [1.807, 2.05) is 19.1 Å². The summed E-state index contributed by atoms with van der Waals surface area (Å²) in [5.74, 6) is 0.109. The number of nitrogens with zero attached hydrogens (tertiary/aromatic N) is 2. The highest BCUT2D eigenvalue weighted by Gasteiger charge is 2.17. The fourth-order valence-electron chi connectivity index (χ4n) is 2.56. The van der Waals surface area contributed by atoms with E-state index in [9.17, 15) is 9.65 Å². The van der Waals surface area contributed by atoms with E-state index in [0.29, 0.717) is 17.1 Å². The van der Waals surface area contributed by atoms with Gasteiger partial charge in [-0.25, -0.2) is 9.37 Å². The summed E-state index contributed by atoms with van der Waals surface area (Å²) in [4.78, 5) is 4.50. The first-order valence-electron chi connectivity index (χ1n) is 6.64. The molecule has 20 heavy (non-hydrogen) atoms. The van der Waals surface area contributed by atoms with Gasteiger partial charge in [-0.05, 0) is 49.4 Å². The van der Waals surface area contributed by atoms with Crippen LogP contribution in [0.3, 0.4) is 0 Å². The molecule has 1 heterocycles. The van der Waals surface area contributed by atoms with E-state index >= 15 is 0 Å². The summed E-state index contributed by atoms with van der Waals surface area (Å²) in [6.07, 6.45) is 2.96. The molecule has 3 rings (SSSR count). The Kier molecular flexibility index (Phi) is 3.11. The highest BCUT2D eigenvalue weighted by molar-refractivity contribution is 5.66. The average molecular weight is 267 g/mol. The van der Waals surface area contributed by atoms with Crippen LogP contribution in [0.1, 0.15) is 28.8 Å². The van der Waals surface area contributed by atoms with Gasteiger partial charge in [0.15, 0.2) is 0 Å². The normalized spacial score (nSPS) is 12.8. The van der Waals surface area contributed by atoms with Gasteiger partial charge in [-0.15, -0.1) is 0 Å². The van der Waals surface area contributed by atoms with Crippen molar-refractivity contribution >= 4 is 11.5 Å². The number of aryl methyl sites for hydroxylation is 3. The second kappa shape index (κ2) is 4.93. The zero-order chi connectivity index (χ0) is 14.1. The standard InChI is InChI=1S/C16H14FN3/c1-10-4-2-6-13(17)15(10)20-16-12(9-18)8-11-5-3-7-14(11)19-16/h2,4,6,8H,3,5,7H2,1H3,(H,19,20). The molecule has 0 amide bonds. The molecule has 4 heteroatoms. The summed E-state index contributed by atoms with van der Waals surface area (Å²) in [5, 5.41) is 12.2. The minimum Gasteiger partial charge on any atom is -0.337 e. The maximum absolute atomic E-state index is 13.9. The molecule has 2 aromatic rings. The van der Waals surface area contributed by atoms with Crippen molar-refractivity contribution in [1.29, 1.82) is 5.26 Å². The van der Waals surface area contributed by atoms with Crippen LogP contribution in [0.5, 0.6) is 0 Å². The number of rotatable bonds is 2. The topological polar surface area (TPSA) is 48.7 Å². The number of nitriles is 1. The molecule has 0 aliphatic heterocycles. The number of halogens is 1. The van der Waals surface area contributed by atoms with Crippen molar-refractivity contribution in [3.05, 3.63) is 52.5 Å².